The topological polar surface area (TPSA) is 80.3 Å². The Morgan fingerprint density at radius 2 is 1.55 bits per heavy atom. The second-order valence-electron chi connectivity index (χ2n) is 9.10. The van der Waals surface area contributed by atoms with Crippen LogP contribution in [0, 0.1) is 11.8 Å². The van der Waals surface area contributed by atoms with Gasteiger partial charge in [0.15, 0.2) is 0 Å². The number of likely N-dealkylation sites (N-methyl/N-ethyl adjacent to an activating group) is 1. The van der Waals surface area contributed by atoms with Crippen molar-refractivity contribution in [2.75, 3.05) is 59.6 Å². The Balaban J connectivity index is 1.98. The van der Waals surface area contributed by atoms with E-state index in [9.17, 15) is 9.59 Å². The number of dihydropyridines is 1. The highest BCUT2D eigenvalue weighted by atomic mass is 79.9. The number of benzene rings is 1. The van der Waals surface area contributed by atoms with E-state index in [-0.39, 0.29) is 19.8 Å². The van der Waals surface area contributed by atoms with Gasteiger partial charge in [0.2, 0.25) is 0 Å². The molecule has 0 saturated carbocycles. The maximum Gasteiger partial charge on any atom is 0.336 e. The van der Waals surface area contributed by atoms with Crippen molar-refractivity contribution in [1.82, 2.24) is 15.1 Å². The minimum atomic E-state index is -0.767. The first-order chi connectivity index (χ1) is 18.2. The van der Waals surface area contributed by atoms with E-state index >= 15 is 0 Å². The van der Waals surface area contributed by atoms with E-state index in [2.05, 4.69) is 65.9 Å². The zero-order valence-electron chi connectivity index (χ0n) is 22.6. The zero-order chi connectivity index (χ0) is 27.8. The summed E-state index contributed by atoms with van der Waals surface area (Å²) < 4.78 is 18.4. The van der Waals surface area contributed by atoms with Gasteiger partial charge in [0, 0.05) is 47.6 Å². The Kier molecular flexibility index (Phi) is 11.3. The van der Waals surface area contributed by atoms with Crippen LogP contribution in [0.25, 0.3) is 0 Å². The molecule has 2 aliphatic heterocycles. The third-order valence-electron chi connectivity index (χ3n) is 6.41. The summed E-state index contributed by atoms with van der Waals surface area (Å²) in [5.41, 5.74) is 2.49. The quantitative estimate of drug-likeness (QED) is 0.331. The third-order valence-corrected chi connectivity index (χ3v) is 7.46. The van der Waals surface area contributed by atoms with Crippen LogP contribution in [0.1, 0.15) is 39.2 Å². The lowest BCUT2D eigenvalue weighted by Crippen LogP contribution is -2.44. The molecule has 0 bridgehead atoms. The van der Waals surface area contributed by atoms with Gasteiger partial charge < -0.3 is 24.4 Å². The van der Waals surface area contributed by atoms with Crippen molar-refractivity contribution in [2.24, 2.45) is 0 Å². The molecule has 1 saturated heterocycles. The number of carbonyl (C=O) groups is 2. The number of esters is 2. The second kappa shape index (κ2) is 14.2. The molecule has 0 unspecified atom stereocenters. The molecule has 0 aromatic heterocycles. The van der Waals surface area contributed by atoms with Gasteiger partial charge in [-0.15, -0.1) is 0 Å². The Hall–Kier alpha value is -2.32. The van der Waals surface area contributed by atoms with Gasteiger partial charge >= 0.3 is 11.9 Å². The highest BCUT2D eigenvalue weighted by Gasteiger charge is 2.40. The van der Waals surface area contributed by atoms with Crippen molar-refractivity contribution in [2.45, 2.75) is 33.6 Å². The van der Waals surface area contributed by atoms with Gasteiger partial charge in [-0.1, -0.05) is 27.8 Å². The number of rotatable bonds is 8. The molecule has 1 N–H and O–H groups in total. The van der Waals surface area contributed by atoms with Crippen molar-refractivity contribution < 1.29 is 23.8 Å². The minimum absolute atomic E-state index is 0.154. The molecule has 3 rings (SSSR count). The second-order valence-corrected chi connectivity index (χ2v) is 10.9. The minimum Gasteiger partial charge on any atom is -0.479 e. The highest BCUT2D eigenvalue weighted by molar-refractivity contribution is 9.11. The van der Waals surface area contributed by atoms with E-state index in [1.165, 1.54) is 0 Å². The molecule has 0 spiro atoms. The van der Waals surface area contributed by atoms with E-state index in [1.54, 1.807) is 27.7 Å². The lowest BCUT2D eigenvalue weighted by Gasteiger charge is -2.31. The van der Waals surface area contributed by atoms with Gasteiger partial charge in [0.1, 0.15) is 12.4 Å². The summed E-state index contributed by atoms with van der Waals surface area (Å²) in [6, 6.07) is 3.71. The van der Waals surface area contributed by atoms with Crippen LogP contribution >= 0.6 is 31.9 Å². The number of hydrogen-bond donors (Lipinski definition) is 1. The summed E-state index contributed by atoms with van der Waals surface area (Å²) in [4.78, 5) is 31.0. The lowest BCUT2D eigenvalue weighted by atomic mass is 9.80. The van der Waals surface area contributed by atoms with Gasteiger partial charge in [-0.3, -0.25) is 4.90 Å². The van der Waals surface area contributed by atoms with Crippen molar-refractivity contribution in [1.29, 1.82) is 0 Å². The molecule has 0 radical (unpaired) electrons. The van der Waals surface area contributed by atoms with Crippen LogP contribution in [-0.4, -0.2) is 81.3 Å². The first-order valence-corrected chi connectivity index (χ1v) is 14.3. The van der Waals surface area contributed by atoms with Gasteiger partial charge in [0.05, 0.1) is 41.3 Å². The van der Waals surface area contributed by atoms with Crippen LogP contribution in [0.2, 0.25) is 0 Å². The van der Waals surface area contributed by atoms with Crippen molar-refractivity contribution >= 4 is 43.8 Å². The molecule has 2 aliphatic rings. The fourth-order valence-electron chi connectivity index (χ4n) is 4.54. The molecule has 8 nitrogen and oxygen atoms in total. The number of ether oxygens (including phenoxy) is 3. The molecule has 38 heavy (non-hydrogen) atoms. The summed E-state index contributed by atoms with van der Waals surface area (Å²) in [5, 5.41) is 3.16. The normalized spacial score (nSPS) is 17.0. The van der Waals surface area contributed by atoms with Crippen LogP contribution in [0.5, 0.6) is 5.75 Å². The van der Waals surface area contributed by atoms with E-state index in [1.807, 2.05) is 12.1 Å². The number of piperazine rings is 1. The molecule has 0 aliphatic carbocycles. The van der Waals surface area contributed by atoms with Gasteiger partial charge in [0.25, 0.3) is 0 Å². The first kappa shape index (κ1) is 30.2. The molecule has 10 heteroatoms. The van der Waals surface area contributed by atoms with Crippen molar-refractivity contribution in [3.8, 4) is 17.6 Å². The molecule has 1 aromatic rings. The number of hydrogen-bond acceptors (Lipinski definition) is 8. The molecular weight excluding hydrogens is 618 g/mol. The van der Waals surface area contributed by atoms with Gasteiger partial charge in [-0.05, 0) is 62.8 Å². The van der Waals surface area contributed by atoms with Crippen LogP contribution in [-0.2, 0) is 19.1 Å². The predicted molar refractivity (Wildman–Crippen MR) is 154 cm³/mol. The Morgan fingerprint density at radius 3 is 2.11 bits per heavy atom. The van der Waals surface area contributed by atoms with Gasteiger partial charge in [-0.25, -0.2) is 9.59 Å². The summed E-state index contributed by atoms with van der Waals surface area (Å²) >= 11 is 7.17. The molecule has 2 heterocycles. The SMILES string of the molecule is CCOC(=O)C1=C(C)NC(C)=C(C(=O)OCC)C1c1cc(Br)cc(Br)c1OCC#CCN1CCN(C)CC1. The van der Waals surface area contributed by atoms with Crippen molar-refractivity contribution in [3.63, 3.8) is 0 Å². The number of nitrogens with zero attached hydrogens (tertiary/aromatic N) is 2. The standard InChI is InChI=1S/C28H35Br2N3O5/c1-6-36-27(34)23-18(3)31-19(4)24(28(35)37-7-2)25(23)21-16-20(29)17-22(30)26(21)38-15-9-8-10-33-13-11-32(5)12-14-33/h16-17,25,31H,6-7,10-15H2,1-5H3. The number of nitrogens with one attached hydrogen (secondary N) is 1. The number of carbonyl (C=O) groups excluding carboxylic acids is 2. The molecule has 0 amide bonds. The monoisotopic (exact) mass is 651 g/mol. The molecule has 0 atom stereocenters. The van der Waals surface area contributed by atoms with Gasteiger partial charge in [-0.2, -0.15) is 0 Å². The smallest absolute Gasteiger partial charge is 0.336 e. The summed E-state index contributed by atoms with van der Waals surface area (Å²) in [6.07, 6.45) is 0. The third kappa shape index (κ3) is 7.41. The van der Waals surface area contributed by atoms with E-state index in [0.717, 1.165) is 30.7 Å². The molecule has 1 aromatic carbocycles. The Bertz CT molecular complexity index is 1140. The summed E-state index contributed by atoms with van der Waals surface area (Å²) in [6.45, 7) is 12.4. The number of allylic oxidation sites excluding steroid dienone is 2. The van der Waals surface area contributed by atoms with E-state index in [0.29, 0.717) is 44.9 Å². The summed E-state index contributed by atoms with van der Waals surface area (Å²) in [7, 11) is 2.13. The fraction of sp³-hybridized carbons (Fsp3) is 0.500. The number of halogens is 2. The maximum atomic E-state index is 13.2. The molecular formula is C28H35Br2N3O5. The summed E-state index contributed by atoms with van der Waals surface area (Å²) in [5.74, 6) is 5.03. The maximum absolute atomic E-state index is 13.2. The van der Waals surface area contributed by atoms with E-state index in [4.69, 9.17) is 14.2 Å². The largest absolute Gasteiger partial charge is 0.479 e. The van der Waals surface area contributed by atoms with E-state index < -0.39 is 17.9 Å². The Morgan fingerprint density at radius 1 is 0.974 bits per heavy atom. The van der Waals surface area contributed by atoms with Crippen molar-refractivity contribution in [3.05, 3.63) is 49.2 Å². The average molecular weight is 653 g/mol. The predicted octanol–water partition coefficient (Wildman–Crippen LogP) is 4.20. The van der Waals surface area contributed by atoms with Crippen LogP contribution < -0.4 is 10.1 Å². The first-order valence-electron chi connectivity index (χ1n) is 12.7. The highest BCUT2D eigenvalue weighted by Crippen LogP contribution is 2.46. The zero-order valence-corrected chi connectivity index (χ0v) is 25.8. The Labute approximate surface area is 242 Å². The molecule has 1 fully saturated rings. The lowest BCUT2D eigenvalue weighted by molar-refractivity contribution is -0.139. The van der Waals surface area contributed by atoms with Crippen LogP contribution in [0.15, 0.2) is 43.6 Å². The molecule has 206 valence electrons. The van der Waals surface area contributed by atoms with Crippen LogP contribution in [0.4, 0.5) is 0 Å². The fourth-order valence-corrected chi connectivity index (χ4v) is 5.92. The average Bonchev–Trinajstić information content (AvgIpc) is 2.85. The van der Waals surface area contributed by atoms with Crippen LogP contribution in [0.3, 0.4) is 0 Å².